The van der Waals surface area contributed by atoms with E-state index in [4.69, 9.17) is 0 Å². The molecule has 0 unspecified atom stereocenters. The minimum atomic E-state index is -0.0808. The number of benzene rings is 5. The summed E-state index contributed by atoms with van der Waals surface area (Å²) in [7, 11) is 0. The van der Waals surface area contributed by atoms with E-state index in [1.807, 2.05) is 53.7 Å². The molecule has 0 aromatic heterocycles. The Balaban J connectivity index is 0.000000657. The van der Waals surface area contributed by atoms with Gasteiger partial charge in [-0.05, 0) is 77.9 Å². The van der Waals surface area contributed by atoms with Crippen molar-refractivity contribution in [2.45, 2.75) is 60.8 Å². The van der Waals surface area contributed by atoms with Gasteiger partial charge in [0.05, 0.1) is 0 Å². The highest BCUT2D eigenvalue weighted by Gasteiger charge is 2.35. The third kappa shape index (κ3) is 5.09. The lowest BCUT2D eigenvalue weighted by atomic mass is 9.80. The van der Waals surface area contributed by atoms with Crippen LogP contribution >= 0.6 is 0 Å². The number of hydrogen-bond acceptors (Lipinski definition) is 0. The summed E-state index contributed by atoms with van der Waals surface area (Å²) in [4.78, 5) is 0. The quantitative estimate of drug-likeness (QED) is 0.211. The third-order valence-corrected chi connectivity index (χ3v) is 7.41. The third-order valence-electron chi connectivity index (χ3n) is 7.41. The predicted octanol–water partition coefficient (Wildman–Crippen LogP) is 12.3. The fraction of sp³-hybridized carbons (Fsp3) is 0.231. The molecule has 0 spiro atoms. The molecule has 0 heterocycles. The van der Waals surface area contributed by atoms with Gasteiger partial charge in [0, 0.05) is 5.41 Å². The standard InChI is InChI=1S/C33H26.3C2H6/c1-5-26-29-18-16-24(20-31(29)33(3,4)30(26)6-2)23-15-17-28-25(19-23)14-13-22-12-11-21-9-7-8-10-27(21)32(22)28;3*1-2/h5-20H,1-2H2,3-4H3;3*1-2H3. The van der Waals surface area contributed by atoms with Crippen molar-refractivity contribution in [2.24, 2.45) is 0 Å². The van der Waals surface area contributed by atoms with Crippen molar-refractivity contribution in [3.63, 3.8) is 0 Å². The van der Waals surface area contributed by atoms with Gasteiger partial charge >= 0.3 is 0 Å². The molecular weight excluding hydrogens is 468 g/mol. The summed E-state index contributed by atoms with van der Waals surface area (Å²) in [5.74, 6) is 0. The topological polar surface area (TPSA) is 0 Å². The molecule has 1 aliphatic rings. The first-order valence-electron chi connectivity index (χ1n) is 14.5. The Labute approximate surface area is 236 Å². The molecular formula is C39H44. The fourth-order valence-corrected chi connectivity index (χ4v) is 5.70. The van der Waals surface area contributed by atoms with Gasteiger partial charge in [-0.25, -0.2) is 0 Å². The molecule has 0 nitrogen and oxygen atoms in total. The van der Waals surface area contributed by atoms with E-state index in [0.717, 1.165) is 0 Å². The van der Waals surface area contributed by atoms with E-state index in [9.17, 15) is 0 Å². The highest BCUT2D eigenvalue weighted by molar-refractivity contribution is 6.20. The smallest absolute Gasteiger partial charge is 0.0158 e. The normalized spacial score (nSPS) is 12.9. The molecule has 0 amide bonds. The van der Waals surface area contributed by atoms with Crippen LogP contribution < -0.4 is 0 Å². The van der Waals surface area contributed by atoms with Crippen molar-refractivity contribution in [1.82, 2.24) is 0 Å². The van der Waals surface area contributed by atoms with Crippen molar-refractivity contribution < 1.29 is 0 Å². The van der Waals surface area contributed by atoms with Crippen LogP contribution in [0.15, 0.2) is 116 Å². The lowest BCUT2D eigenvalue weighted by molar-refractivity contribution is 0.655. The van der Waals surface area contributed by atoms with Crippen LogP contribution in [0.3, 0.4) is 0 Å². The van der Waals surface area contributed by atoms with Gasteiger partial charge in [0.2, 0.25) is 0 Å². The fourth-order valence-electron chi connectivity index (χ4n) is 5.70. The summed E-state index contributed by atoms with van der Waals surface area (Å²) < 4.78 is 0. The first kappa shape index (κ1) is 29.7. The molecule has 5 aromatic carbocycles. The summed E-state index contributed by atoms with van der Waals surface area (Å²) in [6, 6.07) is 31.3. The van der Waals surface area contributed by atoms with Crippen molar-refractivity contribution >= 4 is 37.9 Å². The first-order chi connectivity index (χ1) is 19.0. The molecule has 0 N–H and O–H groups in total. The number of hydrogen-bond donors (Lipinski definition) is 0. The van der Waals surface area contributed by atoms with Crippen LogP contribution in [0.25, 0.3) is 49.0 Å². The minimum Gasteiger partial charge on any atom is -0.0987 e. The minimum absolute atomic E-state index is 0.0808. The van der Waals surface area contributed by atoms with Crippen LogP contribution in [-0.4, -0.2) is 0 Å². The highest BCUT2D eigenvalue weighted by Crippen LogP contribution is 2.48. The van der Waals surface area contributed by atoms with Crippen molar-refractivity contribution in [3.05, 3.63) is 127 Å². The number of rotatable bonds is 3. The van der Waals surface area contributed by atoms with Gasteiger partial charge in [-0.2, -0.15) is 0 Å². The first-order valence-corrected chi connectivity index (χ1v) is 14.5. The largest absolute Gasteiger partial charge is 0.0987 e. The number of allylic oxidation sites excluding steroid dienone is 4. The maximum Gasteiger partial charge on any atom is 0.0158 e. The molecule has 0 heteroatoms. The van der Waals surface area contributed by atoms with Crippen molar-refractivity contribution in [2.75, 3.05) is 0 Å². The summed E-state index contributed by atoms with van der Waals surface area (Å²) in [5, 5.41) is 7.79. The van der Waals surface area contributed by atoms with Crippen molar-refractivity contribution in [3.8, 4) is 11.1 Å². The maximum atomic E-state index is 4.08. The van der Waals surface area contributed by atoms with E-state index in [1.54, 1.807) is 0 Å². The lowest BCUT2D eigenvalue weighted by Gasteiger charge is -2.23. The average molecular weight is 513 g/mol. The SMILES string of the molecule is C=CC1=C(C=C)C(C)(C)c2cc(-c3ccc4c(ccc5ccc6ccccc6c54)c3)ccc21.CC.CC.CC. The molecule has 0 saturated heterocycles. The Morgan fingerprint density at radius 2 is 1.13 bits per heavy atom. The van der Waals surface area contributed by atoms with Crippen LogP contribution in [0.1, 0.15) is 66.5 Å². The van der Waals surface area contributed by atoms with Gasteiger partial charge in [-0.1, -0.05) is 153 Å². The van der Waals surface area contributed by atoms with E-state index in [1.165, 1.54) is 65.7 Å². The second-order valence-corrected chi connectivity index (χ2v) is 9.51. The Hall–Kier alpha value is -3.90. The van der Waals surface area contributed by atoms with Crippen LogP contribution in [0, 0.1) is 0 Å². The zero-order valence-corrected chi connectivity index (χ0v) is 25.2. The molecule has 0 radical (unpaired) electrons. The molecule has 39 heavy (non-hydrogen) atoms. The maximum absolute atomic E-state index is 4.08. The van der Waals surface area contributed by atoms with Gasteiger partial charge in [-0.3, -0.25) is 0 Å². The summed E-state index contributed by atoms with van der Waals surface area (Å²) in [6.45, 7) is 24.7. The highest BCUT2D eigenvalue weighted by atomic mass is 14.4. The summed E-state index contributed by atoms with van der Waals surface area (Å²) in [6.07, 6.45) is 3.96. The van der Waals surface area contributed by atoms with Crippen LogP contribution in [0.2, 0.25) is 0 Å². The Bertz CT molecular complexity index is 1660. The predicted molar refractivity (Wildman–Crippen MR) is 179 cm³/mol. The van der Waals surface area contributed by atoms with E-state index in [2.05, 4.69) is 112 Å². The van der Waals surface area contributed by atoms with Gasteiger partial charge < -0.3 is 0 Å². The molecule has 5 aromatic rings. The van der Waals surface area contributed by atoms with Crippen LogP contribution in [-0.2, 0) is 5.41 Å². The zero-order chi connectivity index (χ0) is 28.7. The molecule has 0 fully saturated rings. The molecule has 6 rings (SSSR count). The average Bonchev–Trinajstić information content (AvgIpc) is 3.24. The zero-order valence-electron chi connectivity index (χ0n) is 25.2. The summed E-state index contributed by atoms with van der Waals surface area (Å²) in [5.41, 5.74) is 7.47. The molecule has 0 saturated carbocycles. The lowest BCUT2D eigenvalue weighted by Crippen LogP contribution is -2.16. The second kappa shape index (κ2) is 12.8. The van der Waals surface area contributed by atoms with Crippen LogP contribution in [0.4, 0.5) is 0 Å². The van der Waals surface area contributed by atoms with Gasteiger partial charge in [0.15, 0.2) is 0 Å². The number of fused-ring (bicyclic) bond motifs is 6. The van der Waals surface area contributed by atoms with Gasteiger partial charge in [0.1, 0.15) is 0 Å². The summed E-state index contributed by atoms with van der Waals surface area (Å²) >= 11 is 0. The monoisotopic (exact) mass is 512 g/mol. The second-order valence-electron chi connectivity index (χ2n) is 9.51. The van der Waals surface area contributed by atoms with E-state index < -0.39 is 0 Å². The van der Waals surface area contributed by atoms with Gasteiger partial charge in [0.25, 0.3) is 0 Å². The molecule has 1 aliphatic carbocycles. The molecule has 200 valence electrons. The molecule has 0 bridgehead atoms. The van der Waals surface area contributed by atoms with Gasteiger partial charge in [-0.15, -0.1) is 0 Å². The van der Waals surface area contributed by atoms with E-state index in [0.29, 0.717) is 0 Å². The van der Waals surface area contributed by atoms with Crippen LogP contribution in [0.5, 0.6) is 0 Å². The van der Waals surface area contributed by atoms with E-state index in [-0.39, 0.29) is 5.41 Å². The Morgan fingerprint density at radius 3 is 1.79 bits per heavy atom. The molecule has 0 atom stereocenters. The molecule has 0 aliphatic heterocycles. The van der Waals surface area contributed by atoms with E-state index >= 15 is 0 Å². The van der Waals surface area contributed by atoms with Crippen molar-refractivity contribution in [1.29, 1.82) is 0 Å². The Kier molecular flexibility index (Phi) is 9.71. The Morgan fingerprint density at radius 1 is 0.564 bits per heavy atom.